The standard InChI is InChI=1S/C25H28INO5S/c1-15(2)18-14-33(29,30)23-13-32-21(24(18)23)8-7-17(20-6-4-5-9-27-20)10-16-11-19(26)25(28)22(12-16)31-3/h4-6,9-12,15,21,23,28H,7-8,13-14H2,1-3H3/b17-10-/t21-,23+/m1/s1. The van der Waals surface area contributed by atoms with Gasteiger partial charge >= 0.3 is 0 Å². The van der Waals surface area contributed by atoms with Crippen LogP contribution in [0.4, 0.5) is 0 Å². The molecule has 33 heavy (non-hydrogen) atoms. The molecule has 0 unspecified atom stereocenters. The van der Waals surface area contributed by atoms with Crippen molar-refractivity contribution >= 4 is 44.1 Å². The van der Waals surface area contributed by atoms with Crippen molar-refractivity contribution in [2.45, 2.75) is 38.0 Å². The van der Waals surface area contributed by atoms with Gasteiger partial charge in [0.2, 0.25) is 0 Å². The van der Waals surface area contributed by atoms with E-state index in [0.717, 1.165) is 28.0 Å². The number of rotatable bonds is 7. The monoisotopic (exact) mass is 581 g/mol. The van der Waals surface area contributed by atoms with Crippen LogP contribution in [-0.2, 0) is 14.6 Å². The van der Waals surface area contributed by atoms with Gasteiger partial charge in [-0.15, -0.1) is 0 Å². The molecular formula is C25H28INO5S. The molecule has 4 rings (SSSR count). The van der Waals surface area contributed by atoms with Gasteiger partial charge < -0.3 is 14.6 Å². The number of pyridine rings is 1. The first-order chi connectivity index (χ1) is 15.7. The summed E-state index contributed by atoms with van der Waals surface area (Å²) >= 11 is 2.08. The van der Waals surface area contributed by atoms with Crippen LogP contribution in [0.5, 0.6) is 11.5 Å². The molecule has 1 aromatic heterocycles. The Morgan fingerprint density at radius 2 is 2.15 bits per heavy atom. The number of methoxy groups -OCH3 is 1. The number of benzene rings is 1. The number of hydrogen-bond acceptors (Lipinski definition) is 6. The maximum atomic E-state index is 12.6. The van der Waals surface area contributed by atoms with Gasteiger partial charge in [-0.2, -0.15) is 0 Å². The predicted molar refractivity (Wildman–Crippen MR) is 138 cm³/mol. The highest BCUT2D eigenvalue weighted by Crippen LogP contribution is 2.41. The lowest BCUT2D eigenvalue weighted by Gasteiger charge is -2.17. The lowest BCUT2D eigenvalue weighted by atomic mass is 9.91. The number of aromatic nitrogens is 1. The molecule has 176 valence electrons. The number of aromatic hydroxyl groups is 1. The molecule has 2 aliphatic heterocycles. The van der Waals surface area contributed by atoms with E-state index in [4.69, 9.17) is 9.47 Å². The number of halogens is 1. The fraction of sp³-hybridized carbons (Fsp3) is 0.400. The first kappa shape index (κ1) is 24.2. The Bertz CT molecular complexity index is 1200. The number of phenolic OH excluding ortho intramolecular Hbond substituents is 1. The van der Waals surface area contributed by atoms with E-state index in [0.29, 0.717) is 22.2 Å². The van der Waals surface area contributed by atoms with Gasteiger partial charge in [0.1, 0.15) is 5.25 Å². The van der Waals surface area contributed by atoms with Gasteiger partial charge in [0.25, 0.3) is 0 Å². The SMILES string of the molecule is COc1cc(/C=C(/CC[C@H]2OC[C@H]3C2=C(C(C)C)CS3(=O)=O)c2ccccn2)cc(I)c1O. The highest BCUT2D eigenvalue weighted by molar-refractivity contribution is 14.1. The normalized spacial score (nSPS) is 22.2. The molecule has 1 fully saturated rings. The van der Waals surface area contributed by atoms with Crippen molar-refractivity contribution < 1.29 is 23.0 Å². The second kappa shape index (κ2) is 9.76. The molecule has 0 radical (unpaired) electrons. The number of hydrogen-bond donors (Lipinski definition) is 1. The van der Waals surface area contributed by atoms with Gasteiger partial charge in [-0.05, 0) is 94.0 Å². The van der Waals surface area contributed by atoms with Crippen molar-refractivity contribution in [3.63, 3.8) is 0 Å². The Morgan fingerprint density at radius 3 is 2.82 bits per heavy atom. The lowest BCUT2D eigenvalue weighted by molar-refractivity contribution is 0.118. The highest BCUT2D eigenvalue weighted by Gasteiger charge is 2.47. The number of allylic oxidation sites excluding steroid dienone is 1. The second-order valence-electron chi connectivity index (χ2n) is 8.73. The molecule has 0 bridgehead atoms. The van der Waals surface area contributed by atoms with Crippen LogP contribution < -0.4 is 4.74 Å². The van der Waals surface area contributed by atoms with Crippen molar-refractivity contribution in [3.8, 4) is 11.5 Å². The van der Waals surface area contributed by atoms with Crippen LogP contribution in [0.15, 0.2) is 47.7 Å². The van der Waals surface area contributed by atoms with E-state index < -0.39 is 15.1 Å². The minimum Gasteiger partial charge on any atom is -0.504 e. The summed E-state index contributed by atoms with van der Waals surface area (Å²) in [5.74, 6) is 0.870. The topological polar surface area (TPSA) is 85.7 Å². The van der Waals surface area contributed by atoms with Crippen LogP contribution in [0.3, 0.4) is 0 Å². The molecule has 0 spiro atoms. The molecule has 1 aromatic carbocycles. The molecule has 6 nitrogen and oxygen atoms in total. The van der Waals surface area contributed by atoms with E-state index in [1.54, 1.807) is 12.3 Å². The zero-order valence-corrected chi connectivity index (χ0v) is 21.9. The smallest absolute Gasteiger partial charge is 0.171 e. The van der Waals surface area contributed by atoms with Crippen LogP contribution in [0.2, 0.25) is 0 Å². The molecule has 3 heterocycles. The Morgan fingerprint density at radius 1 is 1.36 bits per heavy atom. The minimum atomic E-state index is -3.17. The number of fused-ring (bicyclic) bond motifs is 1. The van der Waals surface area contributed by atoms with E-state index in [-0.39, 0.29) is 30.1 Å². The lowest BCUT2D eigenvalue weighted by Crippen LogP contribution is -2.19. The van der Waals surface area contributed by atoms with Gasteiger partial charge in [-0.1, -0.05) is 19.9 Å². The maximum Gasteiger partial charge on any atom is 0.171 e. The Kier molecular flexibility index (Phi) is 7.16. The van der Waals surface area contributed by atoms with Gasteiger partial charge in [-0.3, -0.25) is 4.98 Å². The van der Waals surface area contributed by atoms with Crippen molar-refractivity contribution in [1.29, 1.82) is 0 Å². The van der Waals surface area contributed by atoms with Crippen molar-refractivity contribution in [2.24, 2.45) is 5.92 Å². The maximum absolute atomic E-state index is 12.6. The van der Waals surface area contributed by atoms with Crippen molar-refractivity contribution in [3.05, 3.63) is 62.5 Å². The highest BCUT2D eigenvalue weighted by atomic mass is 127. The molecule has 1 saturated heterocycles. The summed E-state index contributed by atoms with van der Waals surface area (Å²) < 4.78 is 37.3. The van der Waals surface area contributed by atoms with E-state index >= 15 is 0 Å². The molecule has 8 heteroatoms. The van der Waals surface area contributed by atoms with Gasteiger partial charge in [0, 0.05) is 6.20 Å². The molecule has 0 saturated carbocycles. The summed E-state index contributed by atoms with van der Waals surface area (Å²) in [4.78, 5) is 4.54. The third-order valence-corrected chi connectivity index (χ3v) is 9.07. The fourth-order valence-corrected chi connectivity index (χ4v) is 7.32. The number of sulfone groups is 1. The Labute approximate surface area is 208 Å². The summed E-state index contributed by atoms with van der Waals surface area (Å²) in [7, 11) is -1.64. The van der Waals surface area contributed by atoms with Crippen molar-refractivity contribution in [1.82, 2.24) is 4.98 Å². The molecule has 2 aromatic rings. The fourth-order valence-electron chi connectivity index (χ4n) is 4.59. The van der Waals surface area contributed by atoms with Crippen LogP contribution in [0.1, 0.15) is 37.9 Å². The quantitative estimate of drug-likeness (QED) is 0.371. The Balaban J connectivity index is 1.65. The molecule has 0 aliphatic carbocycles. The average Bonchev–Trinajstić information content (AvgIpc) is 3.33. The molecule has 1 N–H and O–H groups in total. The third-order valence-electron chi connectivity index (χ3n) is 6.28. The van der Waals surface area contributed by atoms with Crippen LogP contribution in [0.25, 0.3) is 11.6 Å². The third kappa shape index (κ3) is 4.97. The Hall–Kier alpha value is -1.91. The van der Waals surface area contributed by atoms with E-state index in [9.17, 15) is 13.5 Å². The molecule has 2 aliphatic rings. The number of phenols is 1. The first-order valence-corrected chi connectivity index (χ1v) is 13.7. The largest absolute Gasteiger partial charge is 0.504 e. The van der Waals surface area contributed by atoms with Crippen LogP contribution in [-0.4, -0.2) is 49.3 Å². The summed E-state index contributed by atoms with van der Waals surface area (Å²) in [5.41, 5.74) is 4.75. The molecule has 0 amide bonds. The van der Waals surface area contributed by atoms with Gasteiger partial charge in [-0.25, -0.2) is 8.42 Å². The zero-order chi connectivity index (χ0) is 23.8. The summed E-state index contributed by atoms with van der Waals surface area (Å²) in [5, 5.41) is 9.69. The van der Waals surface area contributed by atoms with Crippen LogP contribution >= 0.6 is 22.6 Å². The first-order valence-electron chi connectivity index (χ1n) is 11.0. The predicted octanol–water partition coefficient (Wildman–Crippen LogP) is 4.87. The van der Waals surface area contributed by atoms with E-state index in [1.165, 1.54) is 7.11 Å². The van der Waals surface area contributed by atoms with Gasteiger partial charge in [0.05, 0.1) is 34.8 Å². The van der Waals surface area contributed by atoms with Crippen LogP contribution in [0, 0.1) is 9.49 Å². The second-order valence-corrected chi connectivity index (χ2v) is 12.1. The zero-order valence-electron chi connectivity index (χ0n) is 18.9. The minimum absolute atomic E-state index is 0.121. The molecular weight excluding hydrogens is 553 g/mol. The van der Waals surface area contributed by atoms with Gasteiger partial charge in [0.15, 0.2) is 21.3 Å². The number of ether oxygens (including phenoxy) is 2. The van der Waals surface area contributed by atoms with E-state index in [1.807, 2.05) is 30.3 Å². The summed E-state index contributed by atoms with van der Waals surface area (Å²) in [6, 6.07) is 9.48. The average molecular weight is 581 g/mol. The number of nitrogens with zero attached hydrogens (tertiary/aromatic N) is 1. The summed E-state index contributed by atoms with van der Waals surface area (Å²) in [6.07, 6.45) is 4.94. The van der Waals surface area contributed by atoms with Crippen molar-refractivity contribution in [2.75, 3.05) is 19.5 Å². The van der Waals surface area contributed by atoms with E-state index in [2.05, 4.69) is 41.4 Å². The molecule has 2 atom stereocenters. The summed E-state index contributed by atoms with van der Waals surface area (Å²) in [6.45, 7) is 4.35.